The van der Waals surface area contributed by atoms with Gasteiger partial charge in [0.2, 0.25) is 0 Å². The van der Waals surface area contributed by atoms with Gasteiger partial charge in [-0.1, -0.05) is 6.07 Å². The van der Waals surface area contributed by atoms with Crippen molar-refractivity contribution in [1.29, 1.82) is 0 Å². The number of aliphatic hydroxyl groups is 1. The molecule has 0 fully saturated rings. The molecule has 0 amide bonds. The zero-order chi connectivity index (χ0) is 18.5. The van der Waals surface area contributed by atoms with Crippen LogP contribution in [-0.2, 0) is 6.54 Å². The maximum atomic E-state index is 10.3. The van der Waals surface area contributed by atoms with Gasteiger partial charge in [-0.15, -0.1) is 0 Å². The Bertz CT molecular complexity index is 938. The van der Waals surface area contributed by atoms with Crippen LogP contribution < -0.4 is 0 Å². The third-order valence-electron chi connectivity index (χ3n) is 5.60. The number of benzene rings is 2. The third kappa shape index (κ3) is 2.98. The van der Waals surface area contributed by atoms with Crippen molar-refractivity contribution in [2.24, 2.45) is 0 Å². The van der Waals surface area contributed by atoms with Crippen LogP contribution in [0.3, 0.4) is 0 Å². The first-order valence-electron chi connectivity index (χ1n) is 8.92. The molecule has 132 valence electrons. The molecule has 1 atom stereocenters. The molecule has 3 rings (SSSR count). The molecule has 0 spiro atoms. The molecule has 0 radical (unpaired) electrons. The fourth-order valence-electron chi connectivity index (χ4n) is 3.58. The van der Waals surface area contributed by atoms with Crippen molar-refractivity contribution in [3.05, 3.63) is 63.0 Å². The normalized spacial score (nSPS) is 12.8. The summed E-state index contributed by atoms with van der Waals surface area (Å²) in [5, 5.41) is 10.3. The van der Waals surface area contributed by atoms with Crippen LogP contribution in [0, 0.1) is 41.5 Å². The van der Waals surface area contributed by atoms with E-state index in [0.29, 0.717) is 0 Å². The average molecular weight is 336 g/mol. The molecule has 1 heterocycles. The van der Waals surface area contributed by atoms with Crippen molar-refractivity contribution in [3.8, 4) is 0 Å². The molecule has 0 aliphatic heterocycles. The minimum atomic E-state index is -0.598. The number of hydrogen-bond donors (Lipinski definition) is 1. The Morgan fingerprint density at radius 3 is 2.00 bits per heavy atom. The summed E-state index contributed by atoms with van der Waals surface area (Å²) < 4.78 is 2.18. The molecule has 2 aromatic carbocycles. The number of aromatic nitrogens is 2. The summed E-state index contributed by atoms with van der Waals surface area (Å²) in [4.78, 5) is 4.73. The molecule has 1 unspecified atom stereocenters. The zero-order valence-corrected chi connectivity index (χ0v) is 16.4. The Kier molecular flexibility index (Phi) is 4.46. The van der Waals surface area contributed by atoms with E-state index in [-0.39, 0.29) is 0 Å². The predicted molar refractivity (Wildman–Crippen MR) is 104 cm³/mol. The van der Waals surface area contributed by atoms with Crippen molar-refractivity contribution in [2.45, 2.75) is 61.1 Å². The number of hydrogen-bond acceptors (Lipinski definition) is 2. The lowest BCUT2D eigenvalue weighted by atomic mass is 9.94. The molecule has 3 nitrogen and oxygen atoms in total. The smallest absolute Gasteiger partial charge is 0.138 e. The summed E-state index contributed by atoms with van der Waals surface area (Å²) in [5.74, 6) is 0.734. The summed E-state index contributed by atoms with van der Waals surface area (Å²) in [7, 11) is 0. The minimum absolute atomic E-state index is 0.598. The minimum Gasteiger partial charge on any atom is -0.385 e. The number of rotatable bonds is 3. The molecule has 3 aromatic rings. The van der Waals surface area contributed by atoms with Crippen molar-refractivity contribution in [2.75, 3.05) is 0 Å². The Hall–Kier alpha value is -2.13. The SMILES string of the molecule is Cc1cc2nc(C(C)O)n(Cc3c(C)c(C)cc(C)c3C)c2cc1C. The van der Waals surface area contributed by atoms with E-state index >= 15 is 0 Å². The number of aliphatic hydroxyl groups excluding tert-OH is 1. The second-order valence-electron chi connectivity index (χ2n) is 7.40. The third-order valence-corrected chi connectivity index (χ3v) is 5.60. The Labute approximate surface area is 150 Å². The van der Waals surface area contributed by atoms with Crippen LogP contribution in [0.5, 0.6) is 0 Å². The van der Waals surface area contributed by atoms with Gasteiger partial charge in [0.1, 0.15) is 11.9 Å². The second-order valence-corrected chi connectivity index (χ2v) is 7.40. The molecule has 1 aromatic heterocycles. The molecule has 0 aliphatic carbocycles. The monoisotopic (exact) mass is 336 g/mol. The molecular formula is C22H28N2O. The fourth-order valence-corrected chi connectivity index (χ4v) is 3.58. The lowest BCUT2D eigenvalue weighted by Crippen LogP contribution is -2.11. The van der Waals surface area contributed by atoms with Crippen LogP contribution in [0.2, 0.25) is 0 Å². The van der Waals surface area contributed by atoms with E-state index in [0.717, 1.165) is 23.4 Å². The summed E-state index contributed by atoms with van der Waals surface area (Å²) in [6, 6.07) is 6.56. The van der Waals surface area contributed by atoms with Crippen LogP contribution in [0.1, 0.15) is 57.8 Å². The molecule has 0 saturated heterocycles. The van der Waals surface area contributed by atoms with Crippen molar-refractivity contribution >= 4 is 11.0 Å². The lowest BCUT2D eigenvalue weighted by Gasteiger charge is -2.18. The first kappa shape index (κ1) is 17.7. The summed E-state index contributed by atoms with van der Waals surface area (Å²) in [6.45, 7) is 15.5. The van der Waals surface area contributed by atoms with Gasteiger partial charge >= 0.3 is 0 Å². The highest BCUT2D eigenvalue weighted by atomic mass is 16.3. The van der Waals surface area contributed by atoms with E-state index in [1.807, 2.05) is 0 Å². The zero-order valence-electron chi connectivity index (χ0n) is 16.4. The van der Waals surface area contributed by atoms with Crippen LogP contribution in [0.4, 0.5) is 0 Å². The van der Waals surface area contributed by atoms with Gasteiger partial charge in [-0.3, -0.25) is 0 Å². The maximum absolute atomic E-state index is 10.3. The number of fused-ring (bicyclic) bond motifs is 1. The fraction of sp³-hybridized carbons (Fsp3) is 0.409. The molecular weight excluding hydrogens is 308 g/mol. The largest absolute Gasteiger partial charge is 0.385 e. The molecule has 25 heavy (non-hydrogen) atoms. The van der Waals surface area contributed by atoms with Gasteiger partial charge in [0.05, 0.1) is 11.0 Å². The highest BCUT2D eigenvalue weighted by Crippen LogP contribution is 2.28. The van der Waals surface area contributed by atoms with Gasteiger partial charge in [-0.2, -0.15) is 0 Å². The summed E-state index contributed by atoms with van der Waals surface area (Å²) in [5.41, 5.74) is 11.1. The Morgan fingerprint density at radius 1 is 0.880 bits per heavy atom. The van der Waals surface area contributed by atoms with E-state index in [4.69, 9.17) is 4.98 Å². The van der Waals surface area contributed by atoms with E-state index in [2.05, 4.69) is 64.3 Å². The Balaban J connectivity index is 2.26. The molecule has 1 N–H and O–H groups in total. The van der Waals surface area contributed by atoms with Crippen LogP contribution in [-0.4, -0.2) is 14.7 Å². The molecule has 0 aliphatic rings. The van der Waals surface area contributed by atoms with Gasteiger partial charge in [0.15, 0.2) is 0 Å². The average Bonchev–Trinajstić information content (AvgIpc) is 2.88. The topological polar surface area (TPSA) is 38.1 Å². The molecule has 0 bridgehead atoms. The summed E-state index contributed by atoms with van der Waals surface area (Å²) in [6.07, 6.45) is -0.598. The van der Waals surface area contributed by atoms with Crippen LogP contribution in [0.25, 0.3) is 11.0 Å². The summed E-state index contributed by atoms with van der Waals surface area (Å²) >= 11 is 0. The van der Waals surface area contributed by atoms with Crippen LogP contribution in [0.15, 0.2) is 18.2 Å². The van der Waals surface area contributed by atoms with Gasteiger partial charge in [0.25, 0.3) is 0 Å². The van der Waals surface area contributed by atoms with E-state index < -0.39 is 6.10 Å². The van der Waals surface area contributed by atoms with Crippen molar-refractivity contribution < 1.29 is 5.11 Å². The molecule has 0 saturated carbocycles. The van der Waals surface area contributed by atoms with E-state index in [1.54, 1.807) is 6.92 Å². The lowest BCUT2D eigenvalue weighted by molar-refractivity contribution is 0.185. The predicted octanol–water partition coefficient (Wildman–Crippen LogP) is 4.99. The highest BCUT2D eigenvalue weighted by molar-refractivity contribution is 5.78. The van der Waals surface area contributed by atoms with Crippen LogP contribution >= 0.6 is 0 Å². The quantitative estimate of drug-likeness (QED) is 0.732. The first-order valence-corrected chi connectivity index (χ1v) is 8.92. The Morgan fingerprint density at radius 2 is 1.44 bits per heavy atom. The van der Waals surface area contributed by atoms with Crippen molar-refractivity contribution in [1.82, 2.24) is 9.55 Å². The number of nitrogens with zero attached hydrogens (tertiary/aromatic N) is 2. The second kappa shape index (κ2) is 6.30. The van der Waals surface area contributed by atoms with E-state index in [1.165, 1.54) is 38.9 Å². The van der Waals surface area contributed by atoms with Gasteiger partial charge < -0.3 is 9.67 Å². The highest BCUT2D eigenvalue weighted by Gasteiger charge is 2.18. The first-order chi connectivity index (χ1) is 11.7. The number of aryl methyl sites for hydroxylation is 4. The standard InChI is InChI=1S/C22H28N2O/c1-12-9-20-21(10-13(12)2)24(22(23-20)18(7)25)11-19-16(5)14(3)8-15(4)17(19)6/h8-10,18,25H,11H2,1-7H3. The molecule has 3 heteroatoms. The maximum Gasteiger partial charge on any atom is 0.138 e. The van der Waals surface area contributed by atoms with Crippen molar-refractivity contribution in [3.63, 3.8) is 0 Å². The van der Waals surface area contributed by atoms with Gasteiger partial charge in [-0.25, -0.2) is 4.98 Å². The van der Waals surface area contributed by atoms with Gasteiger partial charge in [0, 0.05) is 6.54 Å². The number of imidazole rings is 1. The van der Waals surface area contributed by atoms with E-state index in [9.17, 15) is 5.11 Å². The van der Waals surface area contributed by atoms with Gasteiger partial charge in [-0.05, 0) is 99.5 Å².